The maximum Gasteiger partial charge on any atom is 0.161 e. The Balaban J connectivity index is 0.00000180. The molecule has 3 N–H and O–H groups in total. The second-order valence-corrected chi connectivity index (χ2v) is 4.64. The van der Waals surface area contributed by atoms with Crippen molar-refractivity contribution in [3.8, 4) is 11.5 Å². The van der Waals surface area contributed by atoms with Crippen LogP contribution in [0.4, 0.5) is 0 Å². The second-order valence-electron chi connectivity index (χ2n) is 4.64. The van der Waals surface area contributed by atoms with Crippen molar-refractivity contribution in [2.75, 3.05) is 19.8 Å². The van der Waals surface area contributed by atoms with Crippen molar-refractivity contribution in [1.82, 2.24) is 0 Å². The summed E-state index contributed by atoms with van der Waals surface area (Å²) in [6.45, 7) is 4.00. The molecule has 1 aliphatic rings. The zero-order valence-corrected chi connectivity index (χ0v) is 12.0. The molecule has 0 unspecified atom stereocenters. The average Bonchev–Trinajstić information content (AvgIpc) is 2.42. The lowest BCUT2D eigenvalue weighted by Crippen LogP contribution is -2.27. The molecule has 1 atom stereocenters. The molecule has 1 fully saturated rings. The zero-order chi connectivity index (χ0) is 13.0. The predicted octanol–water partition coefficient (Wildman–Crippen LogP) is 2.64. The molecule has 0 amide bonds. The first-order valence-electron chi connectivity index (χ1n) is 6.51. The molecule has 108 valence electrons. The van der Waals surface area contributed by atoms with Gasteiger partial charge in [0.2, 0.25) is 0 Å². The minimum absolute atomic E-state index is 0. The Morgan fingerprint density at radius 3 is 2.74 bits per heavy atom. The van der Waals surface area contributed by atoms with Crippen LogP contribution in [-0.2, 0) is 4.74 Å². The van der Waals surface area contributed by atoms with Gasteiger partial charge in [0, 0.05) is 19.3 Å². The van der Waals surface area contributed by atoms with Crippen LogP contribution in [0.2, 0.25) is 0 Å². The molecule has 0 aliphatic carbocycles. The third kappa shape index (κ3) is 4.00. The van der Waals surface area contributed by atoms with E-state index < -0.39 is 0 Å². The summed E-state index contributed by atoms with van der Waals surface area (Å²) >= 11 is 0. The van der Waals surface area contributed by atoms with E-state index in [1.54, 1.807) is 6.07 Å². The van der Waals surface area contributed by atoms with Gasteiger partial charge in [-0.3, -0.25) is 0 Å². The van der Waals surface area contributed by atoms with E-state index in [9.17, 15) is 5.11 Å². The number of nitrogens with two attached hydrogens (primary N) is 1. The molecule has 0 radical (unpaired) electrons. The smallest absolute Gasteiger partial charge is 0.161 e. The van der Waals surface area contributed by atoms with Gasteiger partial charge in [0.05, 0.1) is 6.61 Å². The summed E-state index contributed by atoms with van der Waals surface area (Å²) in [6, 6.07) is 5.35. The number of phenolic OH excluding ortho intramolecular Hbond substituents is 1. The molecule has 1 saturated heterocycles. The number of halogens is 1. The Labute approximate surface area is 120 Å². The maximum atomic E-state index is 9.67. The van der Waals surface area contributed by atoms with Gasteiger partial charge in [-0.1, -0.05) is 6.07 Å². The fourth-order valence-corrected chi connectivity index (χ4v) is 2.36. The average molecular weight is 288 g/mol. The van der Waals surface area contributed by atoms with Gasteiger partial charge < -0.3 is 20.3 Å². The number of aromatic hydroxyl groups is 1. The lowest BCUT2D eigenvalue weighted by Gasteiger charge is -2.28. The third-order valence-electron chi connectivity index (χ3n) is 3.44. The molecule has 0 saturated carbocycles. The summed E-state index contributed by atoms with van der Waals surface area (Å²) in [4.78, 5) is 0. The van der Waals surface area contributed by atoms with E-state index in [4.69, 9.17) is 15.2 Å². The molecule has 0 bridgehead atoms. The summed E-state index contributed by atoms with van der Waals surface area (Å²) < 4.78 is 10.7. The fraction of sp³-hybridized carbons (Fsp3) is 0.571. The van der Waals surface area contributed by atoms with Crippen LogP contribution in [0, 0.1) is 5.92 Å². The lowest BCUT2D eigenvalue weighted by molar-refractivity contribution is 0.0583. The predicted molar refractivity (Wildman–Crippen MR) is 77.0 cm³/mol. The van der Waals surface area contributed by atoms with Gasteiger partial charge in [0.15, 0.2) is 11.5 Å². The Morgan fingerprint density at radius 2 is 2.11 bits per heavy atom. The minimum atomic E-state index is -0.0197. The molecule has 19 heavy (non-hydrogen) atoms. The monoisotopic (exact) mass is 287 g/mol. The number of hydrogen-bond donors (Lipinski definition) is 2. The number of ether oxygens (including phenoxy) is 2. The van der Waals surface area contributed by atoms with Crippen LogP contribution in [0.5, 0.6) is 11.5 Å². The summed E-state index contributed by atoms with van der Waals surface area (Å²) in [5.41, 5.74) is 7.31. The molecule has 1 heterocycles. The number of rotatable bonds is 4. The van der Waals surface area contributed by atoms with Crippen molar-refractivity contribution >= 4 is 12.4 Å². The quantitative estimate of drug-likeness (QED) is 0.893. The molecule has 1 aliphatic heterocycles. The molecule has 0 aromatic heterocycles. The van der Waals surface area contributed by atoms with Crippen LogP contribution in [0.3, 0.4) is 0 Å². The molecule has 2 rings (SSSR count). The molecule has 1 aromatic rings. The van der Waals surface area contributed by atoms with Gasteiger partial charge >= 0.3 is 0 Å². The van der Waals surface area contributed by atoms with Crippen LogP contribution < -0.4 is 10.5 Å². The highest BCUT2D eigenvalue weighted by Gasteiger charge is 2.23. The zero-order valence-electron chi connectivity index (χ0n) is 11.2. The van der Waals surface area contributed by atoms with Gasteiger partial charge in [-0.15, -0.1) is 12.4 Å². The summed E-state index contributed by atoms with van der Waals surface area (Å²) in [5, 5.41) is 9.67. The Morgan fingerprint density at radius 1 is 1.42 bits per heavy atom. The van der Waals surface area contributed by atoms with E-state index in [0.717, 1.165) is 31.6 Å². The Hall–Kier alpha value is -0.970. The molecule has 0 spiro atoms. The summed E-state index contributed by atoms with van der Waals surface area (Å²) in [5.74, 6) is 1.12. The number of hydrogen-bond acceptors (Lipinski definition) is 4. The third-order valence-corrected chi connectivity index (χ3v) is 3.44. The van der Waals surface area contributed by atoms with Crippen molar-refractivity contribution in [2.45, 2.75) is 25.8 Å². The first-order valence-corrected chi connectivity index (χ1v) is 6.51. The molecular formula is C14H22ClNO3. The van der Waals surface area contributed by atoms with Gasteiger partial charge in [-0.25, -0.2) is 0 Å². The van der Waals surface area contributed by atoms with E-state index in [-0.39, 0.29) is 24.2 Å². The molecule has 5 heteroatoms. The van der Waals surface area contributed by atoms with Gasteiger partial charge in [-0.05, 0) is 43.4 Å². The highest BCUT2D eigenvalue weighted by atomic mass is 35.5. The molecule has 4 nitrogen and oxygen atoms in total. The number of benzene rings is 1. The summed E-state index contributed by atoms with van der Waals surface area (Å²) in [7, 11) is 0. The highest BCUT2D eigenvalue weighted by Crippen LogP contribution is 2.33. The van der Waals surface area contributed by atoms with Crippen LogP contribution in [0.15, 0.2) is 18.2 Å². The van der Waals surface area contributed by atoms with E-state index in [1.807, 2.05) is 19.1 Å². The first kappa shape index (κ1) is 16.1. The highest BCUT2D eigenvalue weighted by molar-refractivity contribution is 5.85. The standard InChI is InChI=1S/C14H21NO3.ClH/c1-2-18-13-9-11(3-4-12(13)16)14(15)10-5-7-17-8-6-10;/h3-4,9-10,14,16H,2,5-8,15H2,1H3;1H/t14-;/m1./s1. The van der Waals surface area contributed by atoms with E-state index in [0.29, 0.717) is 18.3 Å². The number of phenols is 1. The van der Waals surface area contributed by atoms with Crippen LogP contribution in [0.25, 0.3) is 0 Å². The fourth-order valence-electron chi connectivity index (χ4n) is 2.36. The van der Waals surface area contributed by atoms with Crippen molar-refractivity contribution in [2.24, 2.45) is 11.7 Å². The topological polar surface area (TPSA) is 64.7 Å². The van der Waals surface area contributed by atoms with Gasteiger partial charge in [0.1, 0.15) is 0 Å². The van der Waals surface area contributed by atoms with Crippen LogP contribution in [0.1, 0.15) is 31.4 Å². The maximum absolute atomic E-state index is 9.67. The second kappa shape index (κ2) is 7.58. The molecule has 1 aromatic carbocycles. The first-order chi connectivity index (χ1) is 8.72. The van der Waals surface area contributed by atoms with Gasteiger partial charge in [0.25, 0.3) is 0 Å². The van der Waals surface area contributed by atoms with Crippen LogP contribution in [-0.4, -0.2) is 24.9 Å². The van der Waals surface area contributed by atoms with Crippen LogP contribution >= 0.6 is 12.4 Å². The van der Waals surface area contributed by atoms with E-state index in [1.165, 1.54) is 0 Å². The van der Waals surface area contributed by atoms with E-state index >= 15 is 0 Å². The normalized spacial score (nSPS) is 17.6. The van der Waals surface area contributed by atoms with Crippen molar-refractivity contribution < 1.29 is 14.6 Å². The van der Waals surface area contributed by atoms with E-state index in [2.05, 4.69) is 0 Å². The Kier molecular flexibility index (Phi) is 6.42. The Bertz CT molecular complexity index is 394. The SMILES string of the molecule is CCOc1cc([C@H](N)C2CCOCC2)ccc1O.Cl. The lowest BCUT2D eigenvalue weighted by atomic mass is 9.88. The van der Waals surface area contributed by atoms with Gasteiger partial charge in [-0.2, -0.15) is 0 Å². The van der Waals surface area contributed by atoms with Crippen molar-refractivity contribution in [1.29, 1.82) is 0 Å². The van der Waals surface area contributed by atoms with Crippen molar-refractivity contribution in [3.63, 3.8) is 0 Å². The minimum Gasteiger partial charge on any atom is -0.504 e. The van der Waals surface area contributed by atoms with Crippen molar-refractivity contribution in [3.05, 3.63) is 23.8 Å². The summed E-state index contributed by atoms with van der Waals surface area (Å²) in [6.07, 6.45) is 1.98. The largest absolute Gasteiger partial charge is 0.504 e. The molecular weight excluding hydrogens is 266 g/mol.